The molecule has 2 aromatic carbocycles. The summed E-state index contributed by atoms with van der Waals surface area (Å²) in [6.07, 6.45) is 0. The molecule has 0 radical (unpaired) electrons. The monoisotopic (exact) mass is 629 g/mol. The van der Waals surface area contributed by atoms with Crippen LogP contribution in [0.5, 0.6) is 5.75 Å². The van der Waals surface area contributed by atoms with Gasteiger partial charge < -0.3 is 20.1 Å². The molecule has 0 aliphatic carbocycles. The van der Waals surface area contributed by atoms with Gasteiger partial charge in [0.2, 0.25) is 11.8 Å². The molecule has 2 amide bonds. The van der Waals surface area contributed by atoms with Crippen LogP contribution in [0.15, 0.2) is 45.4 Å². The second kappa shape index (κ2) is 12.6. The summed E-state index contributed by atoms with van der Waals surface area (Å²) in [5.74, 6) is -5.39. The number of nitrogens with one attached hydrogen (secondary N) is 2. The molecule has 37 heavy (non-hydrogen) atoms. The Kier molecular flexibility index (Phi) is 9.84. The quantitative estimate of drug-likeness (QED) is 0.296. The van der Waals surface area contributed by atoms with Gasteiger partial charge in [-0.1, -0.05) is 50.9 Å². The number of allylic oxidation sites excluding steroid dienone is 1. The van der Waals surface area contributed by atoms with E-state index >= 15 is 0 Å². The molecule has 0 fully saturated rings. The molecule has 8 nitrogen and oxygen atoms in total. The van der Waals surface area contributed by atoms with Crippen LogP contribution >= 0.6 is 50.9 Å². The van der Waals surface area contributed by atoms with Crippen molar-refractivity contribution in [2.24, 2.45) is 5.92 Å². The van der Waals surface area contributed by atoms with Crippen molar-refractivity contribution in [2.75, 3.05) is 24.8 Å². The van der Waals surface area contributed by atoms with Crippen LogP contribution in [0.2, 0.25) is 10.0 Å². The van der Waals surface area contributed by atoms with Gasteiger partial charge in [0.25, 0.3) is 0 Å². The van der Waals surface area contributed by atoms with E-state index in [1.165, 1.54) is 24.3 Å². The van der Waals surface area contributed by atoms with Gasteiger partial charge in [-0.15, -0.1) is 0 Å². The van der Waals surface area contributed by atoms with Crippen LogP contribution in [0.25, 0.3) is 0 Å². The zero-order valence-electron chi connectivity index (χ0n) is 19.4. The summed E-state index contributed by atoms with van der Waals surface area (Å²) in [4.78, 5) is 38.0. The van der Waals surface area contributed by atoms with Gasteiger partial charge in [-0.25, -0.2) is 4.39 Å². The number of carbonyl (C=O) groups excluding carboxylic acids is 3. The topological polar surface area (TPSA) is 118 Å². The minimum absolute atomic E-state index is 0.00100. The van der Waals surface area contributed by atoms with Gasteiger partial charge in [0.1, 0.15) is 11.7 Å². The molecule has 0 spiro atoms. The maximum Gasteiger partial charge on any atom is 0.319 e. The minimum Gasteiger partial charge on any atom is -0.491 e. The highest BCUT2D eigenvalue weighted by Gasteiger charge is 2.44. The zero-order valence-corrected chi connectivity index (χ0v) is 23.3. The Bertz CT molecular complexity index is 1310. The third-order valence-electron chi connectivity index (χ3n) is 5.20. The predicted octanol–water partition coefficient (Wildman–Crippen LogP) is 5.40. The van der Waals surface area contributed by atoms with E-state index in [2.05, 4.69) is 26.6 Å². The first-order valence-electron chi connectivity index (χ1n) is 10.6. The summed E-state index contributed by atoms with van der Waals surface area (Å²) in [5.41, 5.74) is 0.275. The Morgan fingerprint density at radius 3 is 2.51 bits per heavy atom. The molecule has 13 heteroatoms. The smallest absolute Gasteiger partial charge is 0.319 e. The number of thioether (sulfide) groups is 1. The number of amides is 2. The second-order valence-corrected chi connectivity index (χ2v) is 10.2. The second-order valence-electron chi connectivity index (χ2n) is 7.53. The fourth-order valence-corrected chi connectivity index (χ4v) is 5.43. The molecular weight excluding hydrogens is 612 g/mol. The zero-order chi connectivity index (χ0) is 27.3. The molecular formula is C24H19BrCl2FN3O5S. The maximum atomic E-state index is 14.1. The molecule has 0 bridgehead atoms. The average Bonchev–Trinajstić information content (AvgIpc) is 2.85. The molecule has 194 valence electrons. The van der Waals surface area contributed by atoms with Gasteiger partial charge in [0, 0.05) is 10.4 Å². The van der Waals surface area contributed by atoms with Crippen LogP contribution in [-0.4, -0.2) is 37.3 Å². The first kappa shape index (κ1) is 28.8. The number of rotatable bonds is 8. The van der Waals surface area contributed by atoms with Crippen LogP contribution < -0.4 is 15.4 Å². The SMILES string of the molecule is CCOc1c(Cl)cc([C@H]2C(C#N)=C(SCC(=O)Nc3ccc(Br)cc3F)NC(=O)[C@H]2C(=O)OC)cc1Cl. The highest BCUT2D eigenvalue weighted by atomic mass is 79.9. The Labute approximate surface area is 234 Å². The molecule has 1 aliphatic rings. The van der Waals surface area contributed by atoms with E-state index in [4.69, 9.17) is 32.7 Å². The Morgan fingerprint density at radius 2 is 1.95 bits per heavy atom. The lowest BCUT2D eigenvalue weighted by atomic mass is 9.78. The van der Waals surface area contributed by atoms with E-state index in [0.29, 0.717) is 16.6 Å². The number of anilines is 1. The Hall–Kier alpha value is -2.78. The molecule has 0 unspecified atom stereocenters. The normalized spacial score (nSPS) is 17.1. The average molecular weight is 631 g/mol. The number of methoxy groups -OCH3 is 1. The van der Waals surface area contributed by atoms with Crippen LogP contribution in [0.3, 0.4) is 0 Å². The number of nitriles is 1. The third-order valence-corrected chi connectivity index (χ3v) is 7.28. The first-order chi connectivity index (χ1) is 17.6. The lowest BCUT2D eigenvalue weighted by molar-refractivity contribution is -0.150. The highest BCUT2D eigenvalue weighted by molar-refractivity contribution is 9.10. The van der Waals surface area contributed by atoms with E-state index in [1.807, 2.05) is 6.07 Å². The van der Waals surface area contributed by atoms with Gasteiger partial charge >= 0.3 is 5.97 Å². The van der Waals surface area contributed by atoms with Gasteiger partial charge in [-0.2, -0.15) is 5.26 Å². The molecule has 0 saturated heterocycles. The van der Waals surface area contributed by atoms with E-state index < -0.39 is 35.4 Å². The largest absolute Gasteiger partial charge is 0.491 e. The standard InChI is InChI=1S/C24H19BrCl2FN3O5S/c1-3-36-21-14(26)6-11(7-15(21)27)19-13(9-29)23(31-22(33)20(19)24(34)35-2)37-10-18(32)30-17-5-4-12(25)8-16(17)28/h4-8,19-20H,3,10H2,1-2H3,(H,30,32)(H,31,33)/t19-,20-/m0/s1. The molecule has 0 aromatic heterocycles. The fourth-order valence-electron chi connectivity index (χ4n) is 3.64. The molecule has 1 heterocycles. The molecule has 1 aliphatic heterocycles. The lowest BCUT2D eigenvalue weighted by Crippen LogP contribution is -2.44. The number of hydrogen-bond acceptors (Lipinski definition) is 7. The fraction of sp³-hybridized carbons (Fsp3) is 0.250. The van der Waals surface area contributed by atoms with E-state index in [1.54, 1.807) is 13.0 Å². The van der Waals surface area contributed by atoms with Crippen LogP contribution in [0.4, 0.5) is 10.1 Å². The lowest BCUT2D eigenvalue weighted by Gasteiger charge is -2.31. The predicted molar refractivity (Wildman–Crippen MR) is 142 cm³/mol. The first-order valence-corrected chi connectivity index (χ1v) is 13.2. The highest BCUT2D eigenvalue weighted by Crippen LogP contribution is 2.44. The molecule has 2 N–H and O–H groups in total. The van der Waals surface area contributed by atoms with Crippen LogP contribution in [-0.2, 0) is 19.1 Å². The van der Waals surface area contributed by atoms with Crippen molar-refractivity contribution in [3.05, 3.63) is 66.8 Å². The Morgan fingerprint density at radius 1 is 1.27 bits per heavy atom. The number of benzene rings is 2. The number of nitrogens with zero attached hydrogens (tertiary/aromatic N) is 1. The van der Waals surface area contributed by atoms with Gasteiger partial charge in [-0.05, 0) is 42.8 Å². The van der Waals surface area contributed by atoms with Crippen molar-refractivity contribution in [3.8, 4) is 11.8 Å². The number of hydrogen-bond donors (Lipinski definition) is 2. The summed E-state index contributed by atoms with van der Waals surface area (Å²) >= 11 is 16.7. The van der Waals surface area contributed by atoms with Crippen LogP contribution in [0, 0.1) is 23.1 Å². The van der Waals surface area contributed by atoms with E-state index in [-0.39, 0.29) is 37.8 Å². The molecule has 0 saturated carbocycles. The van der Waals surface area contributed by atoms with Crippen LogP contribution in [0.1, 0.15) is 18.4 Å². The number of carbonyl (C=O) groups is 3. The summed E-state index contributed by atoms with van der Waals surface area (Å²) in [6, 6.07) is 9.09. The number of ether oxygens (including phenoxy) is 2. The van der Waals surface area contributed by atoms with Crippen molar-refractivity contribution in [3.63, 3.8) is 0 Å². The summed E-state index contributed by atoms with van der Waals surface area (Å²) in [5, 5.41) is 15.3. The summed E-state index contributed by atoms with van der Waals surface area (Å²) in [7, 11) is 1.12. The van der Waals surface area contributed by atoms with E-state index in [0.717, 1.165) is 18.9 Å². The third kappa shape index (κ3) is 6.57. The maximum absolute atomic E-state index is 14.1. The van der Waals surface area contributed by atoms with Crippen molar-refractivity contribution >= 4 is 74.4 Å². The number of halogens is 4. The Balaban J connectivity index is 1.97. The van der Waals surface area contributed by atoms with Crippen molar-refractivity contribution < 1.29 is 28.2 Å². The van der Waals surface area contributed by atoms with Crippen molar-refractivity contribution in [1.82, 2.24) is 5.32 Å². The van der Waals surface area contributed by atoms with Crippen molar-refractivity contribution in [2.45, 2.75) is 12.8 Å². The van der Waals surface area contributed by atoms with Gasteiger partial charge in [-0.3, -0.25) is 14.4 Å². The molecule has 3 rings (SSSR count). The van der Waals surface area contributed by atoms with E-state index in [9.17, 15) is 24.0 Å². The van der Waals surface area contributed by atoms with Crippen molar-refractivity contribution in [1.29, 1.82) is 5.26 Å². The van der Waals surface area contributed by atoms with Gasteiger partial charge in [0.15, 0.2) is 5.75 Å². The van der Waals surface area contributed by atoms with Gasteiger partial charge in [0.05, 0.1) is 51.9 Å². The number of esters is 1. The summed E-state index contributed by atoms with van der Waals surface area (Å²) in [6.45, 7) is 2.05. The molecule has 2 atom stereocenters. The summed E-state index contributed by atoms with van der Waals surface area (Å²) < 4.78 is 24.8. The molecule has 2 aromatic rings. The minimum atomic E-state index is -1.42.